The summed E-state index contributed by atoms with van der Waals surface area (Å²) in [5, 5.41) is 3.33. The Bertz CT molecular complexity index is 586. The molecule has 3 N–H and O–H groups in total. The van der Waals surface area contributed by atoms with Gasteiger partial charge >= 0.3 is 0 Å². The second-order valence-corrected chi connectivity index (χ2v) is 6.68. The molecule has 1 fully saturated rings. The van der Waals surface area contributed by atoms with Crippen LogP contribution < -0.4 is 11.1 Å². The van der Waals surface area contributed by atoms with Crippen LogP contribution in [0.25, 0.3) is 0 Å². The van der Waals surface area contributed by atoms with Gasteiger partial charge in [0, 0.05) is 32.2 Å². The Balaban J connectivity index is 1.80. The molecule has 0 aromatic heterocycles. The van der Waals surface area contributed by atoms with Gasteiger partial charge in [-0.25, -0.2) is 0 Å². The molecular weight excluding hydrogens is 328 g/mol. The molecule has 0 radical (unpaired) electrons. The minimum atomic E-state index is -0.180. The number of carbonyl (C=O) groups is 2. The summed E-state index contributed by atoms with van der Waals surface area (Å²) in [7, 11) is 0. The molecule has 2 rings (SSSR count). The standard InChI is InChI=1S/C17H25ClN4O2/c1-12(13(2)19)17(24)22-9-7-21(8-10-22)11-16(23)20-15-6-4-3-5-14(15)18/h3-6,12-13H,7-11,19H2,1-2H3,(H,20,23). The molecule has 0 aliphatic carbocycles. The summed E-state index contributed by atoms with van der Waals surface area (Å²) < 4.78 is 0. The maximum absolute atomic E-state index is 12.3. The van der Waals surface area contributed by atoms with Gasteiger partial charge in [-0.3, -0.25) is 14.5 Å². The SMILES string of the molecule is CC(N)C(C)C(=O)N1CCN(CC(=O)Nc2ccccc2Cl)CC1. The minimum Gasteiger partial charge on any atom is -0.340 e. The van der Waals surface area contributed by atoms with E-state index in [9.17, 15) is 9.59 Å². The largest absolute Gasteiger partial charge is 0.340 e. The van der Waals surface area contributed by atoms with Gasteiger partial charge in [0.25, 0.3) is 0 Å². The topological polar surface area (TPSA) is 78.7 Å². The van der Waals surface area contributed by atoms with Crippen LogP contribution in [-0.2, 0) is 9.59 Å². The van der Waals surface area contributed by atoms with Crippen molar-refractivity contribution >= 4 is 29.1 Å². The number of benzene rings is 1. The molecule has 6 nitrogen and oxygen atoms in total. The number of piperazine rings is 1. The molecular formula is C17H25ClN4O2. The van der Waals surface area contributed by atoms with Gasteiger partial charge in [0.2, 0.25) is 11.8 Å². The summed E-state index contributed by atoms with van der Waals surface area (Å²) in [6, 6.07) is 6.99. The number of rotatable bonds is 5. The number of amides is 2. The minimum absolute atomic E-state index is 0.0881. The van der Waals surface area contributed by atoms with Crippen molar-refractivity contribution in [1.82, 2.24) is 9.80 Å². The van der Waals surface area contributed by atoms with Crippen LogP contribution in [0.5, 0.6) is 0 Å². The Morgan fingerprint density at radius 2 is 1.83 bits per heavy atom. The number of anilines is 1. The van der Waals surface area contributed by atoms with Crippen molar-refractivity contribution in [2.24, 2.45) is 11.7 Å². The Kier molecular flexibility index (Phi) is 6.60. The van der Waals surface area contributed by atoms with E-state index < -0.39 is 0 Å². The molecule has 1 heterocycles. The highest BCUT2D eigenvalue weighted by Gasteiger charge is 2.27. The van der Waals surface area contributed by atoms with Gasteiger partial charge in [-0.15, -0.1) is 0 Å². The summed E-state index contributed by atoms with van der Waals surface area (Å²) >= 11 is 6.04. The fourth-order valence-electron chi connectivity index (χ4n) is 2.59. The van der Waals surface area contributed by atoms with E-state index in [1.54, 1.807) is 12.1 Å². The number of para-hydroxylation sites is 1. The molecule has 2 unspecified atom stereocenters. The molecule has 1 aromatic rings. The third kappa shape index (κ3) is 4.93. The fourth-order valence-corrected chi connectivity index (χ4v) is 2.78. The van der Waals surface area contributed by atoms with E-state index in [1.807, 2.05) is 35.8 Å². The lowest BCUT2D eigenvalue weighted by Gasteiger charge is -2.36. The maximum Gasteiger partial charge on any atom is 0.238 e. The smallest absolute Gasteiger partial charge is 0.238 e. The Morgan fingerprint density at radius 3 is 2.42 bits per heavy atom. The molecule has 2 atom stereocenters. The Hall–Kier alpha value is -1.63. The molecule has 0 spiro atoms. The van der Waals surface area contributed by atoms with Crippen molar-refractivity contribution in [2.45, 2.75) is 19.9 Å². The number of nitrogens with zero attached hydrogens (tertiary/aromatic N) is 2. The van der Waals surface area contributed by atoms with Gasteiger partial charge in [-0.2, -0.15) is 0 Å². The summed E-state index contributed by atoms with van der Waals surface area (Å²) in [5.41, 5.74) is 6.42. The molecule has 0 bridgehead atoms. The molecule has 1 aliphatic heterocycles. The molecule has 132 valence electrons. The van der Waals surface area contributed by atoms with E-state index in [2.05, 4.69) is 5.32 Å². The lowest BCUT2D eigenvalue weighted by atomic mass is 10.0. The predicted octanol–water partition coefficient (Wildman–Crippen LogP) is 1.41. The monoisotopic (exact) mass is 352 g/mol. The zero-order valence-electron chi connectivity index (χ0n) is 14.2. The first-order chi connectivity index (χ1) is 11.4. The molecule has 1 saturated heterocycles. The third-order valence-electron chi connectivity index (χ3n) is 4.38. The lowest BCUT2D eigenvalue weighted by Crippen LogP contribution is -2.53. The summed E-state index contributed by atoms with van der Waals surface area (Å²) in [6.07, 6.45) is 0. The zero-order valence-corrected chi connectivity index (χ0v) is 14.9. The van der Waals surface area contributed by atoms with Crippen molar-refractivity contribution < 1.29 is 9.59 Å². The van der Waals surface area contributed by atoms with Gasteiger partial charge in [0.05, 0.1) is 23.2 Å². The van der Waals surface area contributed by atoms with Crippen LogP contribution in [0.2, 0.25) is 5.02 Å². The molecule has 0 saturated carbocycles. The van der Waals surface area contributed by atoms with Crippen molar-refractivity contribution in [2.75, 3.05) is 38.0 Å². The van der Waals surface area contributed by atoms with Crippen LogP contribution in [0.15, 0.2) is 24.3 Å². The maximum atomic E-state index is 12.3. The van der Waals surface area contributed by atoms with Crippen LogP contribution in [-0.4, -0.2) is 60.4 Å². The average molecular weight is 353 g/mol. The highest BCUT2D eigenvalue weighted by Crippen LogP contribution is 2.20. The van der Waals surface area contributed by atoms with E-state index in [1.165, 1.54) is 0 Å². The quantitative estimate of drug-likeness (QED) is 0.839. The molecule has 1 aliphatic rings. The van der Waals surface area contributed by atoms with E-state index in [0.717, 1.165) is 0 Å². The fraction of sp³-hybridized carbons (Fsp3) is 0.529. The highest BCUT2D eigenvalue weighted by molar-refractivity contribution is 6.33. The Morgan fingerprint density at radius 1 is 1.21 bits per heavy atom. The second kappa shape index (κ2) is 8.46. The van der Waals surface area contributed by atoms with E-state index >= 15 is 0 Å². The summed E-state index contributed by atoms with van der Waals surface area (Å²) in [4.78, 5) is 28.3. The van der Waals surface area contributed by atoms with Gasteiger partial charge in [-0.1, -0.05) is 30.7 Å². The number of halogens is 1. The predicted molar refractivity (Wildman–Crippen MR) is 95.9 cm³/mol. The van der Waals surface area contributed by atoms with Gasteiger partial charge < -0.3 is 16.0 Å². The summed E-state index contributed by atoms with van der Waals surface area (Å²) in [6.45, 7) is 6.58. The van der Waals surface area contributed by atoms with Crippen molar-refractivity contribution in [3.05, 3.63) is 29.3 Å². The van der Waals surface area contributed by atoms with Crippen LogP contribution in [0, 0.1) is 5.92 Å². The van der Waals surface area contributed by atoms with Crippen LogP contribution in [0.4, 0.5) is 5.69 Å². The number of carbonyl (C=O) groups excluding carboxylic acids is 2. The first-order valence-corrected chi connectivity index (χ1v) is 8.57. The lowest BCUT2D eigenvalue weighted by molar-refractivity contribution is -0.137. The number of nitrogens with two attached hydrogens (primary N) is 1. The van der Waals surface area contributed by atoms with E-state index in [0.29, 0.717) is 36.9 Å². The Labute approximate surface area is 147 Å². The second-order valence-electron chi connectivity index (χ2n) is 6.28. The first-order valence-electron chi connectivity index (χ1n) is 8.19. The van der Waals surface area contributed by atoms with Crippen LogP contribution in [0.3, 0.4) is 0 Å². The van der Waals surface area contributed by atoms with Crippen molar-refractivity contribution in [3.63, 3.8) is 0 Å². The molecule has 1 aromatic carbocycles. The van der Waals surface area contributed by atoms with Gasteiger partial charge in [0.15, 0.2) is 0 Å². The molecule has 24 heavy (non-hydrogen) atoms. The summed E-state index contributed by atoms with van der Waals surface area (Å²) in [5.74, 6) is -0.197. The van der Waals surface area contributed by atoms with Crippen molar-refractivity contribution in [1.29, 1.82) is 0 Å². The van der Waals surface area contributed by atoms with E-state index in [4.69, 9.17) is 17.3 Å². The van der Waals surface area contributed by atoms with Gasteiger partial charge in [0.1, 0.15) is 0 Å². The van der Waals surface area contributed by atoms with Gasteiger partial charge in [-0.05, 0) is 19.1 Å². The average Bonchev–Trinajstić information content (AvgIpc) is 2.56. The first kappa shape index (κ1) is 18.7. The molecule has 7 heteroatoms. The van der Waals surface area contributed by atoms with Crippen LogP contribution >= 0.6 is 11.6 Å². The van der Waals surface area contributed by atoms with Crippen LogP contribution in [0.1, 0.15) is 13.8 Å². The molecule has 2 amide bonds. The zero-order chi connectivity index (χ0) is 17.7. The number of hydrogen-bond acceptors (Lipinski definition) is 4. The third-order valence-corrected chi connectivity index (χ3v) is 4.71. The normalized spacial score (nSPS) is 18.1. The number of nitrogens with one attached hydrogen (secondary N) is 1. The van der Waals surface area contributed by atoms with Crippen molar-refractivity contribution in [3.8, 4) is 0 Å². The number of hydrogen-bond donors (Lipinski definition) is 2. The highest BCUT2D eigenvalue weighted by atomic mass is 35.5. The van der Waals surface area contributed by atoms with E-state index in [-0.39, 0.29) is 30.3 Å².